The standard InChI is InChI=1S/C17H23NO3/c1-4-5-6-11-21-17(20)10-9-16(19)18-15-8-7-13(2)12-14(15)3/h7-10,12H,4-6,11H2,1-3H3,(H,18,19)/b10-9+. The Morgan fingerprint density at radius 1 is 1.19 bits per heavy atom. The second-order valence-electron chi connectivity index (χ2n) is 5.02. The number of amides is 1. The monoisotopic (exact) mass is 289 g/mol. The zero-order valence-electron chi connectivity index (χ0n) is 12.9. The van der Waals surface area contributed by atoms with Crippen molar-refractivity contribution in [1.82, 2.24) is 0 Å². The van der Waals surface area contributed by atoms with Gasteiger partial charge in [0.25, 0.3) is 0 Å². The first kappa shape index (κ1) is 17.0. The number of aryl methyl sites for hydroxylation is 2. The van der Waals surface area contributed by atoms with Crippen LogP contribution in [0.5, 0.6) is 0 Å². The van der Waals surface area contributed by atoms with Crippen LogP contribution in [0.4, 0.5) is 5.69 Å². The van der Waals surface area contributed by atoms with Gasteiger partial charge in [-0.2, -0.15) is 0 Å². The topological polar surface area (TPSA) is 55.4 Å². The Bertz CT molecular complexity index is 521. The highest BCUT2D eigenvalue weighted by Gasteiger charge is 2.03. The average molecular weight is 289 g/mol. The van der Waals surface area contributed by atoms with E-state index in [4.69, 9.17) is 4.74 Å². The highest BCUT2D eigenvalue weighted by molar-refractivity contribution is 6.02. The molecule has 0 aromatic heterocycles. The second-order valence-corrected chi connectivity index (χ2v) is 5.02. The van der Waals surface area contributed by atoms with Crippen LogP contribution in [0.1, 0.15) is 37.3 Å². The minimum absolute atomic E-state index is 0.340. The summed E-state index contributed by atoms with van der Waals surface area (Å²) in [6.45, 7) is 6.40. The Labute approximate surface area is 126 Å². The third-order valence-corrected chi connectivity index (χ3v) is 3.00. The number of hydrogen-bond acceptors (Lipinski definition) is 3. The van der Waals surface area contributed by atoms with Crippen LogP contribution >= 0.6 is 0 Å². The fourth-order valence-electron chi connectivity index (χ4n) is 1.84. The lowest BCUT2D eigenvalue weighted by atomic mass is 10.1. The van der Waals surface area contributed by atoms with Crippen molar-refractivity contribution in [3.63, 3.8) is 0 Å². The van der Waals surface area contributed by atoms with Crippen LogP contribution in [0.3, 0.4) is 0 Å². The summed E-state index contributed by atoms with van der Waals surface area (Å²) < 4.78 is 4.98. The maximum Gasteiger partial charge on any atom is 0.330 e. The molecule has 0 aliphatic carbocycles. The molecular formula is C17H23NO3. The molecule has 4 nitrogen and oxygen atoms in total. The van der Waals surface area contributed by atoms with E-state index in [9.17, 15) is 9.59 Å². The quantitative estimate of drug-likeness (QED) is 0.474. The Kier molecular flexibility index (Phi) is 7.23. The molecule has 0 heterocycles. The second kappa shape index (κ2) is 8.95. The maximum atomic E-state index is 11.7. The van der Waals surface area contributed by atoms with Gasteiger partial charge >= 0.3 is 5.97 Å². The molecule has 0 fully saturated rings. The molecule has 4 heteroatoms. The minimum atomic E-state index is -0.484. The normalized spacial score (nSPS) is 10.6. The van der Waals surface area contributed by atoms with Crippen molar-refractivity contribution in [3.05, 3.63) is 41.5 Å². The van der Waals surface area contributed by atoms with Gasteiger partial charge in [-0.05, 0) is 31.9 Å². The van der Waals surface area contributed by atoms with Crippen molar-refractivity contribution in [2.45, 2.75) is 40.0 Å². The van der Waals surface area contributed by atoms with Crippen LogP contribution in [-0.2, 0) is 14.3 Å². The van der Waals surface area contributed by atoms with Crippen molar-refractivity contribution in [2.24, 2.45) is 0 Å². The highest BCUT2D eigenvalue weighted by Crippen LogP contribution is 2.15. The molecule has 1 aromatic rings. The van der Waals surface area contributed by atoms with E-state index in [2.05, 4.69) is 12.2 Å². The van der Waals surface area contributed by atoms with Crippen molar-refractivity contribution >= 4 is 17.6 Å². The number of unbranched alkanes of at least 4 members (excludes halogenated alkanes) is 2. The van der Waals surface area contributed by atoms with Crippen LogP contribution in [0.15, 0.2) is 30.4 Å². The summed E-state index contributed by atoms with van der Waals surface area (Å²) in [7, 11) is 0. The lowest BCUT2D eigenvalue weighted by Gasteiger charge is -2.07. The zero-order valence-corrected chi connectivity index (χ0v) is 12.9. The average Bonchev–Trinajstić information content (AvgIpc) is 2.44. The minimum Gasteiger partial charge on any atom is -0.463 e. The number of rotatable bonds is 7. The third kappa shape index (κ3) is 6.75. The maximum absolute atomic E-state index is 11.7. The molecule has 0 aliphatic rings. The number of benzene rings is 1. The van der Waals surface area contributed by atoms with Gasteiger partial charge in [-0.25, -0.2) is 4.79 Å². The molecule has 114 valence electrons. The molecule has 0 spiro atoms. The zero-order chi connectivity index (χ0) is 15.7. The summed E-state index contributed by atoms with van der Waals surface area (Å²) >= 11 is 0. The van der Waals surface area contributed by atoms with E-state index in [1.807, 2.05) is 32.0 Å². The van der Waals surface area contributed by atoms with E-state index in [0.717, 1.165) is 42.2 Å². The number of nitrogens with one attached hydrogen (secondary N) is 1. The number of hydrogen-bond donors (Lipinski definition) is 1. The largest absolute Gasteiger partial charge is 0.463 e. The molecule has 1 N–H and O–H groups in total. The number of ether oxygens (including phenoxy) is 1. The van der Waals surface area contributed by atoms with Crippen molar-refractivity contribution in [3.8, 4) is 0 Å². The van der Waals surface area contributed by atoms with Crippen molar-refractivity contribution < 1.29 is 14.3 Å². The number of carbonyl (C=O) groups excluding carboxylic acids is 2. The van der Waals surface area contributed by atoms with E-state index in [1.165, 1.54) is 6.08 Å². The summed E-state index contributed by atoms with van der Waals surface area (Å²) in [6, 6.07) is 5.76. The van der Waals surface area contributed by atoms with Gasteiger partial charge in [-0.1, -0.05) is 37.5 Å². The van der Waals surface area contributed by atoms with Crippen LogP contribution < -0.4 is 5.32 Å². The molecule has 0 unspecified atom stereocenters. The lowest BCUT2D eigenvalue weighted by Crippen LogP contribution is -2.10. The molecule has 1 aromatic carbocycles. The van der Waals surface area contributed by atoms with Crippen LogP contribution in [0, 0.1) is 13.8 Å². The fourth-order valence-corrected chi connectivity index (χ4v) is 1.84. The predicted molar refractivity (Wildman–Crippen MR) is 84.2 cm³/mol. The smallest absolute Gasteiger partial charge is 0.330 e. The first-order valence-electron chi connectivity index (χ1n) is 7.26. The Morgan fingerprint density at radius 3 is 2.62 bits per heavy atom. The summed E-state index contributed by atoms with van der Waals surface area (Å²) in [6.07, 6.45) is 5.31. The van der Waals surface area contributed by atoms with E-state index in [-0.39, 0.29) is 5.91 Å². The number of anilines is 1. The molecule has 1 rings (SSSR count). The van der Waals surface area contributed by atoms with Gasteiger partial charge in [0.15, 0.2) is 0 Å². The molecule has 0 aliphatic heterocycles. The van der Waals surface area contributed by atoms with Gasteiger partial charge in [0.2, 0.25) is 5.91 Å². The first-order chi connectivity index (χ1) is 10.0. The highest BCUT2D eigenvalue weighted by atomic mass is 16.5. The number of carbonyl (C=O) groups is 2. The molecule has 0 saturated heterocycles. The van der Waals surface area contributed by atoms with Gasteiger partial charge in [-0.3, -0.25) is 4.79 Å². The van der Waals surface area contributed by atoms with E-state index in [0.29, 0.717) is 6.61 Å². The molecule has 0 bridgehead atoms. The summed E-state index contributed by atoms with van der Waals surface area (Å²) in [4.78, 5) is 23.1. The van der Waals surface area contributed by atoms with Crippen LogP contribution in [0.25, 0.3) is 0 Å². The summed E-state index contributed by atoms with van der Waals surface area (Å²) in [5, 5.41) is 2.74. The van der Waals surface area contributed by atoms with Gasteiger partial charge in [0.1, 0.15) is 0 Å². The Balaban J connectivity index is 2.42. The van der Waals surface area contributed by atoms with E-state index >= 15 is 0 Å². The van der Waals surface area contributed by atoms with Crippen molar-refractivity contribution in [1.29, 1.82) is 0 Å². The Hall–Kier alpha value is -2.10. The molecule has 0 saturated carbocycles. The van der Waals surface area contributed by atoms with Crippen LogP contribution in [0.2, 0.25) is 0 Å². The predicted octanol–water partition coefficient (Wildman–Crippen LogP) is 3.53. The summed E-state index contributed by atoms with van der Waals surface area (Å²) in [5.41, 5.74) is 2.86. The van der Waals surface area contributed by atoms with Gasteiger partial charge in [0, 0.05) is 17.8 Å². The molecular weight excluding hydrogens is 266 g/mol. The Morgan fingerprint density at radius 2 is 1.95 bits per heavy atom. The van der Waals surface area contributed by atoms with Crippen molar-refractivity contribution in [2.75, 3.05) is 11.9 Å². The SMILES string of the molecule is CCCCCOC(=O)/C=C/C(=O)Nc1ccc(C)cc1C. The fraction of sp³-hybridized carbons (Fsp3) is 0.412. The summed E-state index contributed by atoms with van der Waals surface area (Å²) in [5.74, 6) is -0.825. The first-order valence-corrected chi connectivity index (χ1v) is 7.26. The molecule has 1 amide bonds. The van der Waals surface area contributed by atoms with Crippen LogP contribution in [-0.4, -0.2) is 18.5 Å². The van der Waals surface area contributed by atoms with E-state index < -0.39 is 5.97 Å². The van der Waals surface area contributed by atoms with E-state index in [1.54, 1.807) is 0 Å². The van der Waals surface area contributed by atoms with Gasteiger partial charge in [0.05, 0.1) is 6.61 Å². The number of esters is 1. The molecule has 21 heavy (non-hydrogen) atoms. The molecule has 0 radical (unpaired) electrons. The third-order valence-electron chi connectivity index (χ3n) is 3.00. The lowest BCUT2D eigenvalue weighted by molar-refractivity contribution is -0.138. The van der Waals surface area contributed by atoms with Gasteiger partial charge < -0.3 is 10.1 Å². The molecule has 0 atom stereocenters. The van der Waals surface area contributed by atoms with Gasteiger partial charge in [-0.15, -0.1) is 0 Å².